The van der Waals surface area contributed by atoms with E-state index >= 15 is 0 Å². The molecule has 2 N–H and O–H groups in total. The molecule has 3 heteroatoms. The summed E-state index contributed by atoms with van der Waals surface area (Å²) in [6.45, 7) is 2.73. The monoisotopic (exact) mass is 196 g/mol. The van der Waals surface area contributed by atoms with Crippen molar-refractivity contribution in [2.24, 2.45) is 5.73 Å². The molecule has 1 atom stereocenters. The zero-order valence-electron chi connectivity index (χ0n) is 8.70. The van der Waals surface area contributed by atoms with Gasteiger partial charge in [-0.3, -0.25) is 0 Å². The molecule has 14 heavy (non-hydrogen) atoms. The molecule has 0 radical (unpaired) electrons. The van der Waals surface area contributed by atoms with Gasteiger partial charge in [-0.05, 0) is 38.1 Å². The second-order valence-corrected chi connectivity index (χ2v) is 3.52. The van der Waals surface area contributed by atoms with E-state index in [0.717, 1.165) is 12.1 Å². The van der Waals surface area contributed by atoms with Crippen molar-refractivity contribution in [2.75, 3.05) is 18.5 Å². The fraction of sp³-hybridized carbons (Fsp3) is 0.455. The molecule has 0 fully saturated rings. The Morgan fingerprint density at radius 2 is 2.21 bits per heavy atom. The summed E-state index contributed by atoms with van der Waals surface area (Å²) in [5.41, 5.74) is 6.37. The largest absolute Gasteiger partial charge is 0.372 e. The van der Waals surface area contributed by atoms with Gasteiger partial charge in [-0.15, -0.1) is 0 Å². The Balaban J connectivity index is 2.73. The van der Waals surface area contributed by atoms with Crippen LogP contribution in [0.2, 0.25) is 0 Å². The average Bonchev–Trinajstić information content (AvgIpc) is 2.17. The van der Waals surface area contributed by atoms with Crippen molar-refractivity contribution >= 4 is 5.69 Å². The fourth-order valence-corrected chi connectivity index (χ4v) is 1.38. The van der Waals surface area contributed by atoms with Gasteiger partial charge >= 0.3 is 0 Å². The first-order valence-corrected chi connectivity index (χ1v) is 4.83. The second-order valence-electron chi connectivity index (χ2n) is 3.52. The van der Waals surface area contributed by atoms with Crippen LogP contribution in [-0.4, -0.2) is 19.6 Å². The Morgan fingerprint density at radius 3 is 2.79 bits per heavy atom. The van der Waals surface area contributed by atoms with E-state index in [1.165, 1.54) is 12.1 Å². The van der Waals surface area contributed by atoms with Crippen molar-refractivity contribution in [1.29, 1.82) is 0 Å². The highest BCUT2D eigenvalue weighted by Gasteiger charge is 2.08. The lowest BCUT2D eigenvalue weighted by molar-refractivity contribution is 0.616. The van der Waals surface area contributed by atoms with Crippen LogP contribution in [0.1, 0.15) is 13.3 Å². The summed E-state index contributed by atoms with van der Waals surface area (Å²) in [4.78, 5) is 2.04. The van der Waals surface area contributed by atoms with E-state index in [4.69, 9.17) is 5.73 Å². The van der Waals surface area contributed by atoms with E-state index in [2.05, 4.69) is 6.92 Å². The first kappa shape index (κ1) is 11.0. The summed E-state index contributed by atoms with van der Waals surface area (Å²) in [7, 11) is 1.95. The molecule has 0 heterocycles. The van der Waals surface area contributed by atoms with Crippen molar-refractivity contribution in [3.63, 3.8) is 0 Å². The maximum atomic E-state index is 12.9. The number of nitrogens with zero attached hydrogens (tertiary/aromatic N) is 1. The highest BCUT2D eigenvalue weighted by molar-refractivity contribution is 5.46. The van der Waals surface area contributed by atoms with Crippen LogP contribution in [0.15, 0.2) is 24.3 Å². The number of benzene rings is 1. The molecule has 0 bridgehead atoms. The second kappa shape index (κ2) is 4.96. The number of hydrogen-bond acceptors (Lipinski definition) is 2. The Bertz CT molecular complexity index is 288. The SMILES string of the molecule is CC(CCN)N(C)c1cccc(F)c1. The van der Waals surface area contributed by atoms with Crippen molar-refractivity contribution < 1.29 is 4.39 Å². The molecule has 1 aromatic carbocycles. The summed E-state index contributed by atoms with van der Waals surface area (Å²) >= 11 is 0. The number of rotatable bonds is 4. The highest BCUT2D eigenvalue weighted by Crippen LogP contribution is 2.17. The molecule has 0 spiro atoms. The van der Waals surface area contributed by atoms with E-state index in [1.807, 2.05) is 18.0 Å². The van der Waals surface area contributed by atoms with Crippen molar-refractivity contribution in [3.05, 3.63) is 30.1 Å². The van der Waals surface area contributed by atoms with Crippen LogP contribution in [0, 0.1) is 5.82 Å². The van der Waals surface area contributed by atoms with Gasteiger partial charge in [0.25, 0.3) is 0 Å². The molecule has 0 saturated carbocycles. The number of anilines is 1. The van der Waals surface area contributed by atoms with Crippen LogP contribution >= 0.6 is 0 Å². The summed E-state index contributed by atoms with van der Waals surface area (Å²) < 4.78 is 12.9. The minimum atomic E-state index is -0.200. The number of hydrogen-bond donors (Lipinski definition) is 1. The van der Waals surface area contributed by atoms with E-state index in [0.29, 0.717) is 12.6 Å². The first-order chi connectivity index (χ1) is 6.65. The maximum absolute atomic E-state index is 12.9. The molecular weight excluding hydrogens is 179 g/mol. The van der Waals surface area contributed by atoms with E-state index < -0.39 is 0 Å². The summed E-state index contributed by atoms with van der Waals surface area (Å²) in [5.74, 6) is -0.200. The predicted octanol–water partition coefficient (Wildman–Crippen LogP) is 2.00. The Morgan fingerprint density at radius 1 is 1.50 bits per heavy atom. The molecule has 0 aliphatic carbocycles. The molecule has 0 saturated heterocycles. The Kier molecular flexibility index (Phi) is 3.89. The zero-order chi connectivity index (χ0) is 10.6. The summed E-state index contributed by atoms with van der Waals surface area (Å²) in [6, 6.07) is 6.94. The molecule has 0 amide bonds. The smallest absolute Gasteiger partial charge is 0.125 e. The van der Waals surface area contributed by atoms with Gasteiger partial charge in [0.05, 0.1) is 0 Å². The lowest BCUT2D eigenvalue weighted by atomic mass is 10.2. The van der Waals surface area contributed by atoms with Gasteiger partial charge in [-0.2, -0.15) is 0 Å². The van der Waals surface area contributed by atoms with E-state index in [9.17, 15) is 4.39 Å². The first-order valence-electron chi connectivity index (χ1n) is 4.83. The van der Waals surface area contributed by atoms with Crippen molar-refractivity contribution in [3.8, 4) is 0 Å². The molecule has 0 aliphatic heterocycles. The van der Waals surface area contributed by atoms with Crippen molar-refractivity contribution in [1.82, 2.24) is 0 Å². The Labute approximate surface area is 84.5 Å². The van der Waals surface area contributed by atoms with Crippen LogP contribution in [-0.2, 0) is 0 Å². The molecule has 1 aromatic rings. The van der Waals surface area contributed by atoms with Gasteiger partial charge in [-0.25, -0.2) is 4.39 Å². The molecule has 1 unspecified atom stereocenters. The molecule has 2 nitrogen and oxygen atoms in total. The summed E-state index contributed by atoms with van der Waals surface area (Å²) in [6.07, 6.45) is 0.910. The lowest BCUT2D eigenvalue weighted by Gasteiger charge is -2.26. The van der Waals surface area contributed by atoms with Gasteiger partial charge in [0.2, 0.25) is 0 Å². The Hall–Kier alpha value is -1.09. The third-order valence-corrected chi connectivity index (χ3v) is 2.46. The molecular formula is C11H17FN2. The van der Waals surface area contributed by atoms with Crippen molar-refractivity contribution in [2.45, 2.75) is 19.4 Å². The topological polar surface area (TPSA) is 29.3 Å². The number of halogens is 1. The normalized spacial score (nSPS) is 12.6. The number of nitrogens with two attached hydrogens (primary N) is 1. The van der Waals surface area contributed by atoms with Crippen LogP contribution in [0.5, 0.6) is 0 Å². The molecule has 0 aromatic heterocycles. The quantitative estimate of drug-likeness (QED) is 0.798. The van der Waals surface area contributed by atoms with Crippen LogP contribution in [0.4, 0.5) is 10.1 Å². The molecule has 78 valence electrons. The minimum absolute atomic E-state index is 0.200. The van der Waals surface area contributed by atoms with E-state index in [-0.39, 0.29) is 5.82 Å². The van der Waals surface area contributed by atoms with Crippen LogP contribution in [0.3, 0.4) is 0 Å². The predicted molar refractivity (Wildman–Crippen MR) is 57.9 cm³/mol. The minimum Gasteiger partial charge on any atom is -0.372 e. The standard InChI is InChI=1S/C11H17FN2/c1-9(6-7-13)14(2)11-5-3-4-10(12)8-11/h3-5,8-9H,6-7,13H2,1-2H3. The molecule has 0 aliphatic rings. The fourth-order valence-electron chi connectivity index (χ4n) is 1.38. The third kappa shape index (κ3) is 2.70. The lowest BCUT2D eigenvalue weighted by Crippen LogP contribution is -2.30. The van der Waals surface area contributed by atoms with Gasteiger partial charge in [0.15, 0.2) is 0 Å². The average molecular weight is 196 g/mol. The zero-order valence-corrected chi connectivity index (χ0v) is 8.70. The third-order valence-electron chi connectivity index (χ3n) is 2.46. The van der Waals surface area contributed by atoms with Gasteiger partial charge < -0.3 is 10.6 Å². The molecule has 1 rings (SSSR count). The highest BCUT2D eigenvalue weighted by atomic mass is 19.1. The maximum Gasteiger partial charge on any atom is 0.125 e. The van der Waals surface area contributed by atoms with Crippen LogP contribution < -0.4 is 10.6 Å². The van der Waals surface area contributed by atoms with Gasteiger partial charge in [0.1, 0.15) is 5.82 Å². The van der Waals surface area contributed by atoms with Gasteiger partial charge in [-0.1, -0.05) is 6.07 Å². The van der Waals surface area contributed by atoms with Gasteiger partial charge in [0, 0.05) is 18.8 Å². The summed E-state index contributed by atoms with van der Waals surface area (Å²) in [5, 5.41) is 0. The van der Waals surface area contributed by atoms with Crippen LogP contribution in [0.25, 0.3) is 0 Å². The van der Waals surface area contributed by atoms with E-state index in [1.54, 1.807) is 6.07 Å².